The van der Waals surface area contributed by atoms with Gasteiger partial charge in [0.2, 0.25) is 11.8 Å². The smallest absolute Gasteiger partial charge is 0.409 e. The number of nitrogens with two attached hydrogens (primary N) is 1. The Morgan fingerprint density at radius 2 is 1.98 bits per heavy atom. The van der Waals surface area contributed by atoms with E-state index in [-0.39, 0.29) is 17.9 Å². The van der Waals surface area contributed by atoms with Crippen LogP contribution in [0, 0.1) is 5.92 Å². The number of epoxide rings is 1. The molecule has 3 aliphatic heterocycles. The number of aliphatic hydroxyl groups is 1. The van der Waals surface area contributed by atoms with Gasteiger partial charge in [0.05, 0.1) is 31.4 Å². The summed E-state index contributed by atoms with van der Waals surface area (Å²) in [4.78, 5) is 56.4. The molecular formula is C37H53ClN4O10S. The summed E-state index contributed by atoms with van der Waals surface area (Å²) < 4.78 is 29.2. The van der Waals surface area contributed by atoms with E-state index in [1.807, 2.05) is 19.3 Å². The van der Waals surface area contributed by atoms with Crippen LogP contribution < -0.4 is 20.7 Å². The van der Waals surface area contributed by atoms with Gasteiger partial charge in [0.15, 0.2) is 5.72 Å². The normalized spacial score (nSPS) is 30.2. The molecule has 0 saturated carbocycles. The van der Waals surface area contributed by atoms with Gasteiger partial charge in [-0.15, -0.1) is 0 Å². The maximum atomic E-state index is 14.1. The number of thioether (sulfide) groups is 1. The Bertz CT molecular complexity index is 1610. The van der Waals surface area contributed by atoms with Gasteiger partial charge in [0.1, 0.15) is 40.7 Å². The second-order valence-electron chi connectivity index (χ2n) is 14.2. The summed E-state index contributed by atoms with van der Waals surface area (Å²) >= 11 is 8.31. The number of benzene rings is 1. The maximum absolute atomic E-state index is 14.1. The zero-order valence-corrected chi connectivity index (χ0v) is 33.4. The molecule has 0 aromatic heterocycles. The van der Waals surface area contributed by atoms with Gasteiger partial charge < -0.3 is 44.3 Å². The number of methoxy groups -OCH3 is 2. The van der Waals surface area contributed by atoms with Gasteiger partial charge in [0.25, 0.3) is 0 Å². The van der Waals surface area contributed by atoms with Gasteiger partial charge in [-0.2, -0.15) is 11.8 Å². The van der Waals surface area contributed by atoms with Crippen LogP contribution in [0.1, 0.15) is 52.5 Å². The van der Waals surface area contributed by atoms with Gasteiger partial charge in [-0.05, 0) is 63.3 Å². The van der Waals surface area contributed by atoms with Crippen molar-refractivity contribution in [3.05, 3.63) is 46.5 Å². The Hall–Kier alpha value is -3.34. The van der Waals surface area contributed by atoms with E-state index in [2.05, 4.69) is 5.32 Å². The third kappa shape index (κ3) is 9.49. The Kier molecular flexibility index (Phi) is 13.9. The summed E-state index contributed by atoms with van der Waals surface area (Å²) in [5.41, 5.74) is 5.17. The van der Waals surface area contributed by atoms with E-state index in [1.165, 1.54) is 38.0 Å². The molecule has 0 radical (unpaired) electrons. The van der Waals surface area contributed by atoms with Gasteiger partial charge in [-0.25, -0.2) is 9.59 Å². The molecule has 3 amide bonds. The fourth-order valence-corrected chi connectivity index (χ4v) is 7.63. The zero-order chi connectivity index (χ0) is 39.4. The Balaban J connectivity index is 1.75. The number of carbonyl (C=O) groups excluding carboxylic acids is 4. The molecule has 14 nitrogen and oxygen atoms in total. The van der Waals surface area contributed by atoms with Crippen LogP contribution in [0.25, 0.3) is 0 Å². The minimum absolute atomic E-state index is 0.0572. The molecule has 3 heterocycles. The van der Waals surface area contributed by atoms with Crippen LogP contribution in [-0.4, -0.2) is 122 Å². The van der Waals surface area contributed by atoms with Crippen molar-refractivity contribution >= 4 is 52.9 Å². The van der Waals surface area contributed by atoms with E-state index in [0.717, 1.165) is 11.1 Å². The molecule has 0 spiro atoms. The fraction of sp³-hybridized carbons (Fsp3) is 0.622. The first-order valence-electron chi connectivity index (χ1n) is 17.5. The second-order valence-corrected chi connectivity index (χ2v) is 15.6. The number of hydrogen-bond donors (Lipinski definition) is 3. The number of ether oxygens (including phenoxy) is 5. The number of hydrogen-bond acceptors (Lipinski definition) is 12. The molecule has 294 valence electrons. The molecule has 1 aromatic rings. The molecule has 1 aromatic carbocycles. The number of anilines is 1. The first-order valence-corrected chi connectivity index (χ1v) is 19.3. The summed E-state index contributed by atoms with van der Waals surface area (Å²) in [5, 5.41) is 14.5. The largest absolute Gasteiger partial charge is 0.495 e. The molecule has 53 heavy (non-hydrogen) atoms. The van der Waals surface area contributed by atoms with E-state index in [9.17, 15) is 24.3 Å². The lowest BCUT2D eigenvalue weighted by Crippen LogP contribution is -2.63. The molecule has 9 atom stereocenters. The van der Waals surface area contributed by atoms with Crippen molar-refractivity contribution in [1.29, 1.82) is 0 Å². The molecule has 4 bridgehead atoms. The number of esters is 1. The highest BCUT2D eigenvalue weighted by atomic mass is 35.5. The zero-order valence-electron chi connectivity index (χ0n) is 31.8. The molecular weight excluding hydrogens is 728 g/mol. The van der Waals surface area contributed by atoms with E-state index < -0.39 is 77.6 Å². The number of amides is 3. The molecule has 2 saturated heterocycles. The Labute approximate surface area is 320 Å². The number of rotatable bonds is 9. The van der Waals surface area contributed by atoms with Gasteiger partial charge in [-0.3, -0.25) is 14.9 Å². The van der Waals surface area contributed by atoms with E-state index in [0.29, 0.717) is 30.0 Å². The predicted molar refractivity (Wildman–Crippen MR) is 202 cm³/mol. The van der Waals surface area contributed by atoms with Crippen molar-refractivity contribution < 1.29 is 48.0 Å². The quantitative estimate of drug-likeness (QED) is 0.245. The van der Waals surface area contributed by atoms with Gasteiger partial charge >= 0.3 is 12.1 Å². The van der Waals surface area contributed by atoms with Crippen molar-refractivity contribution in [3.63, 3.8) is 0 Å². The lowest BCUT2D eigenvalue weighted by atomic mass is 9.83. The highest BCUT2D eigenvalue weighted by Crippen LogP contribution is 2.49. The van der Waals surface area contributed by atoms with Gasteiger partial charge in [-0.1, -0.05) is 42.3 Å². The highest BCUT2D eigenvalue weighted by molar-refractivity contribution is 7.98. The maximum Gasteiger partial charge on any atom is 0.409 e. The summed E-state index contributed by atoms with van der Waals surface area (Å²) in [6, 6.07) is 1.73. The summed E-state index contributed by atoms with van der Waals surface area (Å²) in [6.07, 6.45) is 3.20. The minimum atomic E-state index is -1.83. The average Bonchev–Trinajstić information content (AvgIpc) is 3.82. The molecule has 16 heteroatoms. The summed E-state index contributed by atoms with van der Waals surface area (Å²) in [6.45, 7) is 6.95. The monoisotopic (exact) mass is 780 g/mol. The van der Waals surface area contributed by atoms with E-state index in [4.69, 9.17) is 41.0 Å². The van der Waals surface area contributed by atoms with Crippen molar-refractivity contribution in [2.24, 2.45) is 11.7 Å². The summed E-state index contributed by atoms with van der Waals surface area (Å²) in [5.74, 6) is -1.12. The van der Waals surface area contributed by atoms with Crippen LogP contribution in [-0.2, 0) is 39.8 Å². The number of carbonyl (C=O) groups is 4. The lowest BCUT2D eigenvalue weighted by Gasteiger charge is -2.42. The number of allylic oxidation sites excluding steroid dienone is 3. The number of fused-ring (bicyclic) bond motifs is 5. The van der Waals surface area contributed by atoms with Crippen molar-refractivity contribution in [2.45, 2.75) is 101 Å². The second kappa shape index (κ2) is 17.4. The molecule has 9 unspecified atom stereocenters. The van der Waals surface area contributed by atoms with Crippen LogP contribution in [0.2, 0.25) is 5.02 Å². The number of likely N-dealkylation sites (N-methyl/N-ethyl adjacent to an activating group) is 1. The number of nitrogens with one attached hydrogen (secondary N) is 1. The molecule has 3 aliphatic rings. The topological polar surface area (TPSA) is 182 Å². The van der Waals surface area contributed by atoms with Crippen molar-refractivity contribution in [1.82, 2.24) is 10.2 Å². The third-order valence-corrected chi connectivity index (χ3v) is 11.5. The van der Waals surface area contributed by atoms with Gasteiger partial charge in [0, 0.05) is 33.5 Å². The van der Waals surface area contributed by atoms with Crippen molar-refractivity contribution in [2.75, 3.05) is 45.2 Å². The fourth-order valence-electron chi connectivity index (χ4n) is 6.82. The molecule has 0 aliphatic carbocycles. The minimum Gasteiger partial charge on any atom is -0.495 e. The third-order valence-electron chi connectivity index (χ3n) is 10.4. The van der Waals surface area contributed by atoms with Crippen LogP contribution in [0.5, 0.6) is 5.75 Å². The van der Waals surface area contributed by atoms with Crippen LogP contribution in [0.4, 0.5) is 10.5 Å². The number of alkyl carbamates (subject to hydrolysis) is 1. The Morgan fingerprint density at radius 1 is 1.28 bits per heavy atom. The molecule has 4 rings (SSSR count). The Morgan fingerprint density at radius 3 is 2.62 bits per heavy atom. The molecule has 2 fully saturated rings. The average molecular weight is 781 g/mol. The number of nitrogens with zero attached hydrogens (tertiary/aromatic N) is 2. The van der Waals surface area contributed by atoms with Crippen LogP contribution in [0.3, 0.4) is 0 Å². The van der Waals surface area contributed by atoms with E-state index >= 15 is 0 Å². The highest BCUT2D eigenvalue weighted by Gasteiger charge is 2.64. The van der Waals surface area contributed by atoms with Crippen LogP contribution in [0.15, 0.2) is 35.9 Å². The number of halogens is 1. The lowest BCUT2D eigenvalue weighted by molar-refractivity contribution is -0.162. The standard InChI is InChI=1S/C37H53ClN4O10S/c1-20-11-10-12-28(49-8)37(47)19-27(50-35(46)40-37)21(2)32-36(4,52-32)29(51-34(45)22(3)41(5)33(44)24(39)13-14-53-9)18-30(43)42(6)25-16-23(15-20)17-26(48-7)31(25)38/h10-12,16-17,21-22,24,27-29,32,47H,13-15,18-19,39H2,1-9H3,(H,40,46). The summed E-state index contributed by atoms with van der Waals surface area (Å²) in [7, 11) is 5.96. The SMILES string of the molecule is COc1cc2cc(c1Cl)N(C)C(=O)CC(OC(=O)C(C)N(C)C(=O)C(N)CCSC)C1(C)OC1C(C)C1CC(O)(NC(=O)O1)C(OC)C=CC=C(C)C2. The van der Waals surface area contributed by atoms with Crippen molar-refractivity contribution in [3.8, 4) is 5.75 Å². The first kappa shape index (κ1) is 42.4. The van der Waals surface area contributed by atoms with Crippen LogP contribution >= 0.6 is 23.4 Å². The first-order chi connectivity index (χ1) is 24.9. The predicted octanol–water partition coefficient (Wildman–Crippen LogP) is 3.59. The molecule has 4 N–H and O–H groups in total. The van der Waals surface area contributed by atoms with E-state index in [1.54, 1.807) is 56.9 Å².